The van der Waals surface area contributed by atoms with Crippen molar-refractivity contribution in [2.24, 2.45) is 0 Å². The highest BCUT2D eigenvalue weighted by Gasteiger charge is 2.32. The summed E-state index contributed by atoms with van der Waals surface area (Å²) in [6.45, 7) is 0.0549. The summed E-state index contributed by atoms with van der Waals surface area (Å²) in [6.07, 6.45) is 1.47. The zero-order valence-electron chi connectivity index (χ0n) is 17.8. The van der Waals surface area contributed by atoms with Crippen molar-refractivity contribution in [3.8, 4) is 11.3 Å². The molecule has 2 heterocycles. The highest BCUT2D eigenvalue weighted by Crippen LogP contribution is 2.34. The molecule has 1 aliphatic heterocycles. The van der Waals surface area contributed by atoms with Gasteiger partial charge in [-0.05, 0) is 54.6 Å². The van der Waals surface area contributed by atoms with E-state index < -0.39 is 17.6 Å². The fourth-order valence-electron chi connectivity index (χ4n) is 3.19. The summed E-state index contributed by atoms with van der Waals surface area (Å²) in [5.74, 6) is -3.15. The third-order valence-electron chi connectivity index (χ3n) is 4.96. The van der Waals surface area contributed by atoms with E-state index in [2.05, 4.69) is 5.32 Å². The molecule has 0 bridgehead atoms. The minimum Gasteiger partial charge on any atom is -0.478 e. The van der Waals surface area contributed by atoms with Crippen LogP contribution < -0.4 is 5.32 Å². The van der Waals surface area contributed by atoms with Crippen LogP contribution in [0.1, 0.15) is 22.5 Å². The van der Waals surface area contributed by atoms with Crippen LogP contribution >= 0.6 is 24.0 Å². The number of rotatable bonds is 7. The summed E-state index contributed by atoms with van der Waals surface area (Å²) < 4.78 is 32.6. The quantitative estimate of drug-likeness (QED) is 0.332. The largest absolute Gasteiger partial charge is 0.478 e. The average Bonchev–Trinajstić information content (AvgIpc) is 3.39. The zero-order chi connectivity index (χ0) is 25.1. The molecule has 0 atom stereocenters. The summed E-state index contributed by atoms with van der Waals surface area (Å²) in [4.78, 5) is 37.5. The fourth-order valence-corrected chi connectivity index (χ4v) is 4.48. The van der Waals surface area contributed by atoms with Gasteiger partial charge in [-0.2, -0.15) is 0 Å². The van der Waals surface area contributed by atoms with Gasteiger partial charge >= 0.3 is 5.97 Å². The molecule has 4 rings (SSSR count). The van der Waals surface area contributed by atoms with Crippen molar-refractivity contribution in [3.63, 3.8) is 0 Å². The van der Waals surface area contributed by atoms with Crippen LogP contribution in [0.3, 0.4) is 0 Å². The molecule has 2 amide bonds. The van der Waals surface area contributed by atoms with Gasteiger partial charge in [-0.3, -0.25) is 14.5 Å². The van der Waals surface area contributed by atoms with Crippen LogP contribution in [0.25, 0.3) is 17.4 Å². The van der Waals surface area contributed by atoms with Crippen molar-refractivity contribution in [3.05, 3.63) is 82.5 Å². The maximum absolute atomic E-state index is 13.5. The van der Waals surface area contributed by atoms with Crippen LogP contribution in [0.2, 0.25) is 0 Å². The zero-order valence-corrected chi connectivity index (χ0v) is 19.4. The molecule has 35 heavy (non-hydrogen) atoms. The van der Waals surface area contributed by atoms with Crippen LogP contribution in [-0.2, 0) is 9.59 Å². The van der Waals surface area contributed by atoms with E-state index in [1.165, 1.54) is 41.3 Å². The average molecular weight is 515 g/mol. The van der Waals surface area contributed by atoms with Crippen LogP contribution in [-0.4, -0.2) is 38.7 Å². The number of furan rings is 1. The van der Waals surface area contributed by atoms with E-state index in [4.69, 9.17) is 21.7 Å². The number of carboxylic acid groups (broad SMARTS) is 1. The van der Waals surface area contributed by atoms with E-state index in [9.17, 15) is 23.2 Å². The van der Waals surface area contributed by atoms with Crippen molar-refractivity contribution in [2.75, 3.05) is 11.9 Å². The summed E-state index contributed by atoms with van der Waals surface area (Å²) in [5, 5.41) is 11.6. The number of halogens is 2. The predicted octanol–water partition coefficient (Wildman–Crippen LogP) is 5.15. The molecule has 178 valence electrons. The van der Waals surface area contributed by atoms with Gasteiger partial charge < -0.3 is 14.8 Å². The molecule has 1 aromatic heterocycles. The normalized spacial score (nSPS) is 14.6. The Morgan fingerprint density at radius 1 is 1.09 bits per heavy atom. The second-order valence-corrected chi connectivity index (χ2v) is 9.02. The summed E-state index contributed by atoms with van der Waals surface area (Å²) >= 11 is 6.33. The predicted molar refractivity (Wildman–Crippen MR) is 131 cm³/mol. The van der Waals surface area contributed by atoms with Crippen molar-refractivity contribution in [1.29, 1.82) is 0 Å². The molecule has 7 nitrogen and oxygen atoms in total. The molecule has 1 saturated heterocycles. The Balaban J connectivity index is 1.37. The third kappa shape index (κ3) is 5.64. The Morgan fingerprint density at radius 3 is 2.51 bits per heavy atom. The minimum atomic E-state index is -1.07. The van der Waals surface area contributed by atoms with Crippen LogP contribution in [0.5, 0.6) is 0 Å². The first-order valence-electron chi connectivity index (χ1n) is 10.1. The van der Waals surface area contributed by atoms with Gasteiger partial charge in [0.25, 0.3) is 5.91 Å². The Kier molecular flexibility index (Phi) is 7.08. The topological polar surface area (TPSA) is 99.9 Å². The highest BCUT2D eigenvalue weighted by atomic mass is 32.2. The number of hydrogen-bond donors (Lipinski definition) is 2. The maximum atomic E-state index is 13.5. The van der Waals surface area contributed by atoms with E-state index in [-0.39, 0.29) is 34.7 Å². The molecule has 3 aromatic rings. The third-order valence-corrected chi connectivity index (χ3v) is 6.33. The lowest BCUT2D eigenvalue weighted by atomic mass is 10.1. The Labute approximate surface area is 207 Å². The van der Waals surface area contributed by atoms with Crippen molar-refractivity contribution >= 4 is 57.8 Å². The van der Waals surface area contributed by atoms with E-state index in [1.54, 1.807) is 12.1 Å². The number of carboxylic acids is 1. The fraction of sp³-hybridized carbons (Fsp3) is 0.0833. The van der Waals surface area contributed by atoms with Crippen LogP contribution in [0.4, 0.5) is 14.5 Å². The van der Waals surface area contributed by atoms with Gasteiger partial charge in [0.2, 0.25) is 5.91 Å². The number of nitrogens with zero attached hydrogens (tertiary/aromatic N) is 1. The molecule has 1 fully saturated rings. The van der Waals surface area contributed by atoms with Gasteiger partial charge in [0.15, 0.2) is 11.6 Å². The Bertz CT molecular complexity index is 1370. The van der Waals surface area contributed by atoms with E-state index >= 15 is 0 Å². The number of aromatic carboxylic acids is 1. The molecular formula is C24H16F2N2O5S2. The number of benzene rings is 2. The molecule has 1 aliphatic rings. The number of anilines is 1. The molecule has 0 saturated carbocycles. The van der Waals surface area contributed by atoms with E-state index in [0.717, 1.165) is 23.9 Å². The molecule has 2 aromatic carbocycles. The van der Waals surface area contributed by atoms with E-state index in [0.29, 0.717) is 27.7 Å². The van der Waals surface area contributed by atoms with Crippen LogP contribution in [0, 0.1) is 11.6 Å². The number of thiocarbonyl (C=S) groups is 1. The standard InChI is InChI=1S/C24H16F2N2O5S2/c25-17-7-3-14(11-18(17)26)19-8-6-16(33-19)12-20-22(30)28(24(34)35-20)10-9-21(29)27-15-4-1-13(2-5-15)23(31)32/h1-8,11-12H,9-10H2,(H,27,29)(H,31,32). The molecule has 0 unspecified atom stereocenters. The monoisotopic (exact) mass is 514 g/mol. The van der Waals surface area contributed by atoms with Crippen molar-refractivity contribution in [1.82, 2.24) is 4.90 Å². The smallest absolute Gasteiger partial charge is 0.335 e. The molecule has 11 heteroatoms. The first kappa shape index (κ1) is 24.3. The number of amides is 2. The molecular weight excluding hydrogens is 498 g/mol. The Morgan fingerprint density at radius 2 is 1.83 bits per heavy atom. The SMILES string of the molecule is O=C(CCN1C(=O)C(=Cc2ccc(-c3ccc(F)c(F)c3)o2)SC1=S)Nc1ccc(C(=O)O)cc1. The molecule has 2 N–H and O–H groups in total. The van der Waals surface area contributed by atoms with Gasteiger partial charge in [-0.1, -0.05) is 24.0 Å². The first-order valence-corrected chi connectivity index (χ1v) is 11.4. The van der Waals surface area contributed by atoms with Gasteiger partial charge in [-0.25, -0.2) is 13.6 Å². The van der Waals surface area contributed by atoms with Gasteiger partial charge in [0.05, 0.1) is 10.5 Å². The van der Waals surface area contributed by atoms with Gasteiger partial charge in [-0.15, -0.1) is 0 Å². The number of nitrogens with one attached hydrogen (secondary N) is 1. The lowest BCUT2D eigenvalue weighted by Gasteiger charge is -2.14. The maximum Gasteiger partial charge on any atom is 0.335 e. The number of carbonyl (C=O) groups excluding carboxylic acids is 2. The number of carbonyl (C=O) groups is 3. The number of thioether (sulfide) groups is 1. The molecule has 0 spiro atoms. The second-order valence-electron chi connectivity index (χ2n) is 7.34. The second kappa shape index (κ2) is 10.2. The summed E-state index contributed by atoms with van der Waals surface area (Å²) in [6, 6.07) is 12.3. The summed E-state index contributed by atoms with van der Waals surface area (Å²) in [5.41, 5.74) is 0.875. The minimum absolute atomic E-state index is 0.0264. The lowest BCUT2D eigenvalue weighted by Crippen LogP contribution is -2.31. The lowest BCUT2D eigenvalue weighted by molar-refractivity contribution is -0.122. The van der Waals surface area contributed by atoms with Gasteiger partial charge in [0.1, 0.15) is 15.8 Å². The molecule has 0 radical (unpaired) electrons. The van der Waals surface area contributed by atoms with E-state index in [1.807, 2.05) is 0 Å². The Hall–Kier alpha value is -3.83. The number of hydrogen-bond acceptors (Lipinski definition) is 6. The summed E-state index contributed by atoms with van der Waals surface area (Å²) in [7, 11) is 0. The molecule has 0 aliphatic carbocycles. The van der Waals surface area contributed by atoms with Crippen LogP contribution in [0.15, 0.2) is 63.9 Å². The van der Waals surface area contributed by atoms with Gasteiger partial charge in [0, 0.05) is 30.3 Å². The first-order chi connectivity index (χ1) is 16.7. The van der Waals surface area contributed by atoms with Crippen molar-refractivity contribution in [2.45, 2.75) is 6.42 Å². The highest BCUT2D eigenvalue weighted by molar-refractivity contribution is 8.26. The van der Waals surface area contributed by atoms with Crippen molar-refractivity contribution < 1.29 is 32.7 Å².